The van der Waals surface area contributed by atoms with Crippen molar-refractivity contribution < 1.29 is 49.6 Å². The number of hydrogen-bond donors (Lipinski definition) is 6. The van der Waals surface area contributed by atoms with Crippen molar-refractivity contribution >= 4 is 5.78 Å². The molecule has 0 aromatic heterocycles. The van der Waals surface area contributed by atoms with E-state index in [0.717, 1.165) is 6.07 Å². The second kappa shape index (κ2) is 8.33. The van der Waals surface area contributed by atoms with Gasteiger partial charge >= 0.3 is 0 Å². The Morgan fingerprint density at radius 1 is 1.00 bits per heavy atom. The van der Waals surface area contributed by atoms with E-state index in [9.17, 15) is 35.4 Å². The minimum atomic E-state index is -1.64. The predicted octanol–water partition coefficient (Wildman–Crippen LogP) is -0.0170. The smallest absolute Gasteiger partial charge is 0.229 e. The highest BCUT2D eigenvalue weighted by molar-refractivity contribution is 6.02. The summed E-state index contributed by atoms with van der Waals surface area (Å²) in [6.07, 6.45) is -8.09. The lowest BCUT2D eigenvalue weighted by Gasteiger charge is -2.39. The van der Waals surface area contributed by atoms with Crippen LogP contribution in [0.15, 0.2) is 36.4 Å². The molecule has 1 fully saturated rings. The molecule has 166 valence electrons. The molecule has 2 aromatic carbocycles. The van der Waals surface area contributed by atoms with Gasteiger partial charge in [0.1, 0.15) is 59.1 Å². The summed E-state index contributed by atoms with van der Waals surface area (Å²) in [5.74, 6) is -0.657. The lowest BCUT2D eigenvalue weighted by atomic mass is 9.95. The molecular weight excluding hydrogens is 412 g/mol. The van der Waals surface area contributed by atoms with Crippen LogP contribution in [0.4, 0.5) is 0 Å². The SMILES string of the molecule is O=C1CC(c2ccc(O)cc2)Oc2cc(O[C@@H]3OC(CO)[C@@H](O)[C@@H](O)C3O)cc(O)c21. The van der Waals surface area contributed by atoms with E-state index in [0.29, 0.717) is 5.56 Å². The largest absolute Gasteiger partial charge is 0.508 e. The molecule has 0 amide bonds. The van der Waals surface area contributed by atoms with E-state index in [2.05, 4.69) is 0 Å². The number of phenols is 2. The molecule has 2 aliphatic rings. The Morgan fingerprint density at radius 3 is 2.39 bits per heavy atom. The van der Waals surface area contributed by atoms with Crippen LogP contribution < -0.4 is 9.47 Å². The van der Waals surface area contributed by atoms with Gasteiger partial charge in [-0.15, -0.1) is 0 Å². The van der Waals surface area contributed by atoms with Crippen molar-refractivity contribution in [3.63, 3.8) is 0 Å². The van der Waals surface area contributed by atoms with Gasteiger partial charge in [0, 0.05) is 12.1 Å². The highest BCUT2D eigenvalue weighted by atomic mass is 16.7. The summed E-state index contributed by atoms with van der Waals surface area (Å²) in [7, 11) is 0. The van der Waals surface area contributed by atoms with Crippen LogP contribution in [0, 0.1) is 0 Å². The van der Waals surface area contributed by atoms with E-state index < -0.39 is 49.2 Å². The first-order valence-corrected chi connectivity index (χ1v) is 9.61. The van der Waals surface area contributed by atoms with Crippen LogP contribution >= 0.6 is 0 Å². The molecule has 1 saturated heterocycles. The number of carbonyl (C=O) groups is 1. The number of fused-ring (bicyclic) bond motifs is 1. The van der Waals surface area contributed by atoms with Gasteiger partial charge < -0.3 is 44.8 Å². The Balaban J connectivity index is 1.59. The van der Waals surface area contributed by atoms with Gasteiger partial charge in [0.2, 0.25) is 6.29 Å². The van der Waals surface area contributed by atoms with E-state index >= 15 is 0 Å². The second-order valence-electron chi connectivity index (χ2n) is 7.46. The number of hydrogen-bond acceptors (Lipinski definition) is 10. The number of aliphatic hydroxyl groups excluding tert-OH is 4. The molecule has 4 rings (SSSR count). The second-order valence-corrected chi connectivity index (χ2v) is 7.46. The average Bonchev–Trinajstić information content (AvgIpc) is 2.74. The molecule has 2 heterocycles. The number of phenolic OH excluding ortho intramolecular Hbond substituents is 2. The summed E-state index contributed by atoms with van der Waals surface area (Å²) < 4.78 is 16.7. The van der Waals surface area contributed by atoms with Gasteiger partial charge in [-0.05, 0) is 17.7 Å². The van der Waals surface area contributed by atoms with Gasteiger partial charge in [-0.2, -0.15) is 0 Å². The van der Waals surface area contributed by atoms with Crippen molar-refractivity contribution in [1.29, 1.82) is 0 Å². The molecule has 0 bridgehead atoms. The molecular formula is C21H22O10. The zero-order chi connectivity index (χ0) is 22.3. The van der Waals surface area contributed by atoms with E-state index in [1.54, 1.807) is 12.1 Å². The van der Waals surface area contributed by atoms with Gasteiger partial charge in [-0.3, -0.25) is 4.79 Å². The molecule has 6 atom stereocenters. The van der Waals surface area contributed by atoms with Gasteiger partial charge in [-0.1, -0.05) is 12.1 Å². The van der Waals surface area contributed by atoms with E-state index in [-0.39, 0.29) is 35.0 Å². The summed E-state index contributed by atoms with van der Waals surface area (Å²) in [4.78, 5) is 12.6. The number of ether oxygens (including phenoxy) is 3. The Morgan fingerprint density at radius 2 is 1.71 bits per heavy atom. The number of rotatable bonds is 4. The first-order chi connectivity index (χ1) is 14.8. The third kappa shape index (κ3) is 4.03. The van der Waals surface area contributed by atoms with Gasteiger partial charge in [0.25, 0.3) is 0 Å². The fourth-order valence-electron chi connectivity index (χ4n) is 3.66. The van der Waals surface area contributed by atoms with Gasteiger partial charge in [0.05, 0.1) is 13.0 Å². The fourth-order valence-corrected chi connectivity index (χ4v) is 3.66. The number of ketones is 1. The maximum atomic E-state index is 12.6. The number of aromatic hydroxyl groups is 2. The molecule has 0 aliphatic carbocycles. The van der Waals surface area contributed by atoms with Crippen molar-refractivity contribution in [1.82, 2.24) is 0 Å². The van der Waals surface area contributed by atoms with Gasteiger partial charge in [0.15, 0.2) is 5.78 Å². The maximum absolute atomic E-state index is 12.6. The third-order valence-corrected chi connectivity index (χ3v) is 5.34. The van der Waals surface area contributed by atoms with Crippen LogP contribution in [0.2, 0.25) is 0 Å². The number of benzene rings is 2. The molecule has 31 heavy (non-hydrogen) atoms. The summed E-state index contributed by atoms with van der Waals surface area (Å²) in [5, 5.41) is 59.0. The van der Waals surface area contributed by atoms with Crippen LogP contribution in [-0.2, 0) is 4.74 Å². The van der Waals surface area contributed by atoms with Crippen LogP contribution in [0.5, 0.6) is 23.0 Å². The number of carbonyl (C=O) groups excluding carboxylic acids is 1. The molecule has 0 saturated carbocycles. The third-order valence-electron chi connectivity index (χ3n) is 5.34. The highest BCUT2D eigenvalue weighted by Gasteiger charge is 2.45. The normalized spacial score (nSPS) is 30.4. The van der Waals surface area contributed by atoms with Crippen LogP contribution in [0.3, 0.4) is 0 Å². The molecule has 2 aliphatic heterocycles. The molecule has 10 nitrogen and oxygen atoms in total. The Kier molecular flexibility index (Phi) is 5.73. The zero-order valence-corrected chi connectivity index (χ0v) is 16.2. The summed E-state index contributed by atoms with van der Waals surface area (Å²) in [6, 6.07) is 8.64. The van der Waals surface area contributed by atoms with E-state index in [4.69, 9.17) is 14.2 Å². The van der Waals surface area contributed by atoms with Crippen molar-refractivity contribution in [2.75, 3.05) is 6.61 Å². The summed E-state index contributed by atoms with van der Waals surface area (Å²) in [6.45, 7) is -0.619. The summed E-state index contributed by atoms with van der Waals surface area (Å²) >= 11 is 0. The minimum absolute atomic E-state index is 0.0156. The Labute approximate surface area is 176 Å². The highest BCUT2D eigenvalue weighted by Crippen LogP contribution is 2.42. The van der Waals surface area contributed by atoms with Crippen LogP contribution in [0.25, 0.3) is 0 Å². The average molecular weight is 434 g/mol. The minimum Gasteiger partial charge on any atom is -0.508 e. The van der Waals surface area contributed by atoms with E-state index in [1.807, 2.05) is 0 Å². The molecule has 0 spiro atoms. The standard InChI is InChI=1S/C21H22O10/c22-8-16-18(26)19(27)20(28)21(31-16)29-11-5-12(24)17-13(25)7-14(30-15(17)6-11)9-1-3-10(23)4-2-9/h1-6,14,16,18-24,26-28H,7-8H2/t14?,16?,18-,19-,20?,21-/m1/s1. The molecule has 3 unspecified atom stereocenters. The zero-order valence-electron chi connectivity index (χ0n) is 16.2. The van der Waals surface area contributed by atoms with Crippen LogP contribution in [0.1, 0.15) is 28.4 Å². The number of Topliss-reactive ketones (excluding diaryl/α,β-unsaturated/α-hetero) is 1. The van der Waals surface area contributed by atoms with Crippen molar-refractivity contribution in [2.45, 2.75) is 43.2 Å². The fraction of sp³-hybridized carbons (Fsp3) is 0.381. The van der Waals surface area contributed by atoms with Crippen molar-refractivity contribution in [2.24, 2.45) is 0 Å². The summed E-state index contributed by atoms with van der Waals surface area (Å²) in [5.41, 5.74) is 0.632. The molecule has 6 N–H and O–H groups in total. The van der Waals surface area contributed by atoms with Crippen LogP contribution in [-0.4, -0.2) is 73.7 Å². The quantitative estimate of drug-likeness (QED) is 0.385. The lowest BCUT2D eigenvalue weighted by molar-refractivity contribution is -0.277. The molecule has 2 aromatic rings. The Hall–Kier alpha value is -2.89. The first kappa shape index (κ1) is 21.3. The lowest BCUT2D eigenvalue weighted by Crippen LogP contribution is -2.60. The van der Waals surface area contributed by atoms with E-state index in [1.165, 1.54) is 18.2 Å². The Bertz CT molecular complexity index is 957. The van der Waals surface area contributed by atoms with Crippen molar-refractivity contribution in [3.8, 4) is 23.0 Å². The first-order valence-electron chi connectivity index (χ1n) is 9.61. The molecule has 0 radical (unpaired) electrons. The molecule has 10 heteroatoms. The maximum Gasteiger partial charge on any atom is 0.229 e. The van der Waals surface area contributed by atoms with Gasteiger partial charge in [-0.25, -0.2) is 0 Å². The number of aliphatic hydroxyl groups is 4. The monoisotopic (exact) mass is 434 g/mol. The topological polar surface area (TPSA) is 166 Å². The van der Waals surface area contributed by atoms with Crippen molar-refractivity contribution in [3.05, 3.63) is 47.5 Å². The predicted molar refractivity (Wildman–Crippen MR) is 103 cm³/mol.